The molecule has 2 heterocycles. The molecular weight excluding hydrogens is 398 g/mol. The molecule has 0 saturated heterocycles. The molecule has 0 unspecified atom stereocenters. The van der Waals surface area contributed by atoms with Gasteiger partial charge in [0.25, 0.3) is 0 Å². The number of unbranched alkanes of at least 4 members (excludes halogenated alkanes) is 2. The molecule has 4 rings (SSSR count). The van der Waals surface area contributed by atoms with Crippen LogP contribution in [0.1, 0.15) is 39.5 Å². The fourth-order valence-electron chi connectivity index (χ4n) is 3.95. The van der Waals surface area contributed by atoms with Crippen LogP contribution in [0.25, 0.3) is 27.5 Å². The Morgan fingerprint density at radius 1 is 0.969 bits per heavy atom. The SMILES string of the molecule is CCCCNc1cc2ccccc2[n+](-c2c(OCCCC)c(N)nc3ccccc23)c1N. The predicted octanol–water partition coefficient (Wildman–Crippen LogP) is 5.22. The quantitative estimate of drug-likeness (QED) is 0.250. The number of nitrogens with one attached hydrogen (secondary N) is 1. The number of nitrogens with two attached hydrogens (primary N) is 2. The normalized spacial score (nSPS) is 11.2. The summed E-state index contributed by atoms with van der Waals surface area (Å²) in [4.78, 5) is 4.62. The minimum absolute atomic E-state index is 0.370. The van der Waals surface area contributed by atoms with Crippen molar-refractivity contribution in [2.24, 2.45) is 0 Å². The fraction of sp³-hybridized carbons (Fsp3) is 0.308. The van der Waals surface area contributed by atoms with Crippen LogP contribution in [-0.2, 0) is 0 Å². The van der Waals surface area contributed by atoms with E-state index < -0.39 is 0 Å². The largest absolute Gasteiger partial charge is 0.486 e. The third-order valence-corrected chi connectivity index (χ3v) is 5.66. The number of aromatic nitrogens is 2. The summed E-state index contributed by atoms with van der Waals surface area (Å²) in [6.45, 7) is 5.74. The van der Waals surface area contributed by atoms with Crippen molar-refractivity contribution < 1.29 is 9.30 Å². The van der Waals surface area contributed by atoms with Crippen LogP contribution in [0.2, 0.25) is 0 Å². The first-order chi connectivity index (χ1) is 15.7. The maximum atomic E-state index is 6.81. The molecule has 0 bridgehead atoms. The number of nitrogens with zero attached hydrogens (tertiary/aromatic N) is 2. The Morgan fingerprint density at radius 3 is 2.53 bits per heavy atom. The van der Waals surface area contributed by atoms with Gasteiger partial charge in [-0.1, -0.05) is 57.0 Å². The van der Waals surface area contributed by atoms with Crippen molar-refractivity contribution in [1.82, 2.24) is 4.98 Å². The summed E-state index contributed by atoms with van der Waals surface area (Å²) in [5.41, 5.74) is 16.8. The third kappa shape index (κ3) is 4.13. The number of nitrogen functional groups attached to an aromatic ring is 2. The van der Waals surface area contributed by atoms with E-state index in [1.165, 1.54) is 0 Å². The highest BCUT2D eigenvalue weighted by Crippen LogP contribution is 2.35. The molecule has 0 amide bonds. The van der Waals surface area contributed by atoms with E-state index >= 15 is 0 Å². The maximum absolute atomic E-state index is 6.81. The molecule has 6 nitrogen and oxygen atoms in total. The summed E-state index contributed by atoms with van der Waals surface area (Å²) < 4.78 is 8.29. The van der Waals surface area contributed by atoms with Crippen molar-refractivity contribution in [3.05, 3.63) is 54.6 Å². The zero-order valence-corrected chi connectivity index (χ0v) is 18.9. The minimum Gasteiger partial charge on any atom is -0.486 e. The lowest BCUT2D eigenvalue weighted by Gasteiger charge is -2.18. The van der Waals surface area contributed by atoms with Gasteiger partial charge < -0.3 is 15.8 Å². The first-order valence-corrected chi connectivity index (χ1v) is 11.4. The van der Waals surface area contributed by atoms with Gasteiger partial charge >= 0.3 is 5.82 Å². The van der Waals surface area contributed by atoms with Gasteiger partial charge in [-0.2, -0.15) is 4.57 Å². The van der Waals surface area contributed by atoms with Gasteiger partial charge in [0.1, 0.15) is 11.2 Å². The lowest BCUT2D eigenvalue weighted by Crippen LogP contribution is -2.37. The van der Waals surface area contributed by atoms with Gasteiger partial charge in [0.2, 0.25) is 5.75 Å². The number of ether oxygens (including phenoxy) is 1. The molecule has 0 aliphatic rings. The summed E-state index contributed by atoms with van der Waals surface area (Å²) in [6.07, 6.45) is 4.15. The first kappa shape index (κ1) is 21.7. The second-order valence-electron chi connectivity index (χ2n) is 8.01. The van der Waals surface area contributed by atoms with E-state index in [9.17, 15) is 0 Å². The molecule has 0 spiro atoms. The zero-order valence-electron chi connectivity index (χ0n) is 18.9. The highest BCUT2D eigenvalue weighted by Gasteiger charge is 2.26. The van der Waals surface area contributed by atoms with Crippen molar-refractivity contribution >= 4 is 39.1 Å². The molecule has 0 aliphatic carbocycles. The highest BCUT2D eigenvalue weighted by atomic mass is 16.5. The predicted molar refractivity (Wildman–Crippen MR) is 133 cm³/mol. The summed E-state index contributed by atoms with van der Waals surface area (Å²) in [6, 6.07) is 18.3. The maximum Gasteiger partial charge on any atom is 0.301 e. The molecule has 2 aromatic carbocycles. The second-order valence-corrected chi connectivity index (χ2v) is 8.01. The van der Waals surface area contributed by atoms with E-state index in [1.54, 1.807) is 0 Å². The summed E-state index contributed by atoms with van der Waals surface area (Å²) >= 11 is 0. The molecule has 0 saturated carbocycles. The lowest BCUT2D eigenvalue weighted by molar-refractivity contribution is -0.549. The van der Waals surface area contributed by atoms with Gasteiger partial charge in [-0.25, -0.2) is 4.98 Å². The number of para-hydroxylation sites is 2. The van der Waals surface area contributed by atoms with Gasteiger partial charge in [-0.3, -0.25) is 5.73 Å². The van der Waals surface area contributed by atoms with Crippen LogP contribution in [0.5, 0.6) is 5.75 Å². The van der Waals surface area contributed by atoms with Gasteiger partial charge in [-0.15, -0.1) is 0 Å². The van der Waals surface area contributed by atoms with Gasteiger partial charge in [0.15, 0.2) is 11.5 Å². The molecule has 6 heteroatoms. The number of hydrogen-bond acceptors (Lipinski definition) is 5. The summed E-state index contributed by atoms with van der Waals surface area (Å²) in [7, 11) is 0. The highest BCUT2D eigenvalue weighted by molar-refractivity contribution is 5.92. The van der Waals surface area contributed by atoms with Crippen molar-refractivity contribution in [2.45, 2.75) is 39.5 Å². The smallest absolute Gasteiger partial charge is 0.301 e. The van der Waals surface area contributed by atoms with Crippen LogP contribution in [-0.4, -0.2) is 18.1 Å². The molecule has 4 aromatic rings. The van der Waals surface area contributed by atoms with E-state index in [-0.39, 0.29) is 0 Å². The van der Waals surface area contributed by atoms with Crippen LogP contribution >= 0.6 is 0 Å². The number of anilines is 3. The van der Waals surface area contributed by atoms with E-state index in [4.69, 9.17) is 16.2 Å². The van der Waals surface area contributed by atoms with Gasteiger partial charge in [0.05, 0.1) is 17.5 Å². The lowest BCUT2D eigenvalue weighted by atomic mass is 10.1. The Hall–Kier alpha value is -3.54. The second kappa shape index (κ2) is 9.73. The van der Waals surface area contributed by atoms with Crippen molar-refractivity contribution in [2.75, 3.05) is 29.9 Å². The van der Waals surface area contributed by atoms with Crippen LogP contribution in [0.3, 0.4) is 0 Å². The Bertz CT molecular complexity index is 1240. The Morgan fingerprint density at radius 2 is 1.72 bits per heavy atom. The molecule has 0 atom stereocenters. The number of benzene rings is 2. The molecule has 0 radical (unpaired) electrons. The zero-order chi connectivity index (χ0) is 22.5. The van der Waals surface area contributed by atoms with Crippen LogP contribution < -0.4 is 26.1 Å². The molecule has 166 valence electrons. The standard InChI is InChI=1S/C26H31N5O/c1-3-5-15-29-21-17-18-11-7-10-14-22(18)31(26(21)28)23-19-12-8-9-13-20(19)30-25(27)24(23)32-16-6-4-2/h7-14,17,28-29H,3-6,15-16H2,1-2H3,(H2,27,30)/p+1. The monoisotopic (exact) mass is 430 g/mol. The topological polar surface area (TPSA) is 90.1 Å². The molecule has 0 aliphatic heterocycles. The molecule has 5 N–H and O–H groups in total. The summed E-state index contributed by atoms with van der Waals surface area (Å²) in [5.74, 6) is 1.57. The van der Waals surface area contributed by atoms with Crippen molar-refractivity contribution in [3.8, 4) is 11.4 Å². The van der Waals surface area contributed by atoms with Gasteiger partial charge in [0, 0.05) is 11.9 Å². The van der Waals surface area contributed by atoms with Crippen LogP contribution in [0.15, 0.2) is 54.6 Å². The number of fused-ring (bicyclic) bond motifs is 2. The van der Waals surface area contributed by atoms with Crippen molar-refractivity contribution in [1.29, 1.82) is 0 Å². The first-order valence-electron chi connectivity index (χ1n) is 11.4. The van der Waals surface area contributed by atoms with Crippen LogP contribution in [0, 0.1) is 0 Å². The van der Waals surface area contributed by atoms with E-state index in [2.05, 4.69) is 46.9 Å². The molecule has 32 heavy (non-hydrogen) atoms. The Labute approximate surface area is 189 Å². The van der Waals surface area contributed by atoms with E-state index in [0.29, 0.717) is 24.0 Å². The summed E-state index contributed by atoms with van der Waals surface area (Å²) in [5, 5.41) is 5.55. The minimum atomic E-state index is 0.370. The average molecular weight is 431 g/mol. The van der Waals surface area contributed by atoms with E-state index in [0.717, 1.165) is 65.4 Å². The van der Waals surface area contributed by atoms with Gasteiger partial charge in [-0.05, 0) is 37.1 Å². The molecule has 0 fully saturated rings. The van der Waals surface area contributed by atoms with Crippen molar-refractivity contribution in [3.63, 3.8) is 0 Å². The number of hydrogen-bond donors (Lipinski definition) is 3. The average Bonchev–Trinajstić information content (AvgIpc) is 2.80. The number of rotatable bonds is 9. The van der Waals surface area contributed by atoms with Crippen LogP contribution in [0.4, 0.5) is 17.3 Å². The Kier molecular flexibility index (Phi) is 6.59. The fourth-order valence-corrected chi connectivity index (χ4v) is 3.95. The molecule has 2 aromatic heterocycles. The number of pyridine rings is 2. The molecular formula is C26H32N5O+. The Balaban J connectivity index is 2.03. The third-order valence-electron chi connectivity index (χ3n) is 5.66. The van der Waals surface area contributed by atoms with E-state index in [1.807, 2.05) is 36.4 Å².